The van der Waals surface area contributed by atoms with Crippen molar-refractivity contribution < 1.29 is 23.0 Å². The molecule has 0 bridgehead atoms. The van der Waals surface area contributed by atoms with Gasteiger partial charge >= 0.3 is 17.6 Å². The fourth-order valence-corrected chi connectivity index (χ4v) is 2.27. The number of benzene rings is 1. The monoisotopic (exact) mass is 344 g/mol. The van der Waals surface area contributed by atoms with E-state index in [1.54, 1.807) is 4.98 Å². The number of nitrogens with one attached hydrogen (secondary N) is 1. The molecule has 2 aromatic rings. The molecule has 1 aromatic heterocycles. The summed E-state index contributed by atoms with van der Waals surface area (Å²) in [6.45, 7) is 0. The summed E-state index contributed by atoms with van der Waals surface area (Å²) in [6.07, 6.45) is -4.95. The van der Waals surface area contributed by atoms with Crippen molar-refractivity contribution in [1.82, 2.24) is 9.97 Å². The van der Waals surface area contributed by atoms with E-state index in [2.05, 4.69) is 4.98 Å². The third-order valence-corrected chi connectivity index (χ3v) is 3.13. The van der Waals surface area contributed by atoms with Gasteiger partial charge in [0.1, 0.15) is 5.02 Å². The van der Waals surface area contributed by atoms with Crippen LogP contribution in [-0.2, 0) is 6.18 Å². The summed E-state index contributed by atoms with van der Waals surface area (Å²) in [6, 6.07) is 0. The van der Waals surface area contributed by atoms with Crippen molar-refractivity contribution in [3.05, 3.63) is 36.1 Å². The average Bonchev–Trinajstić information content (AvgIpc) is 2.72. The number of hydrogen-bond donors (Lipinski definition) is 1. The van der Waals surface area contributed by atoms with Gasteiger partial charge < -0.3 is 4.98 Å². The van der Waals surface area contributed by atoms with Crippen molar-refractivity contribution in [2.75, 3.05) is 0 Å². The van der Waals surface area contributed by atoms with Crippen molar-refractivity contribution >= 4 is 45.6 Å². The number of hydrogen-bond acceptors (Lipinski definition) is 5. The number of imidazole rings is 1. The third kappa shape index (κ3) is 2.34. The van der Waals surface area contributed by atoms with Crippen LogP contribution in [0, 0.1) is 20.2 Å². The Morgan fingerprint density at radius 3 is 2.00 bits per heavy atom. The van der Waals surface area contributed by atoms with Crippen LogP contribution in [0.25, 0.3) is 11.0 Å². The van der Waals surface area contributed by atoms with Crippen LogP contribution in [0.4, 0.5) is 24.5 Å². The van der Waals surface area contributed by atoms with Gasteiger partial charge in [-0.1, -0.05) is 23.2 Å². The molecular formula is C8HCl2F3N4O4. The fourth-order valence-electron chi connectivity index (χ4n) is 1.60. The van der Waals surface area contributed by atoms with Crippen LogP contribution < -0.4 is 0 Å². The van der Waals surface area contributed by atoms with Gasteiger partial charge in [0.25, 0.3) is 0 Å². The Labute approximate surface area is 121 Å². The fraction of sp³-hybridized carbons (Fsp3) is 0.125. The van der Waals surface area contributed by atoms with Crippen molar-refractivity contribution in [1.29, 1.82) is 0 Å². The lowest BCUT2D eigenvalue weighted by Crippen LogP contribution is -2.06. The van der Waals surface area contributed by atoms with Gasteiger partial charge in [-0.25, -0.2) is 4.98 Å². The van der Waals surface area contributed by atoms with Gasteiger partial charge in [-0.3, -0.25) is 20.2 Å². The minimum atomic E-state index is -4.95. The molecule has 1 N–H and O–H groups in total. The van der Waals surface area contributed by atoms with E-state index >= 15 is 0 Å². The van der Waals surface area contributed by atoms with Crippen molar-refractivity contribution in [2.45, 2.75) is 6.18 Å². The molecular weight excluding hydrogens is 344 g/mol. The largest absolute Gasteiger partial charge is 0.449 e. The molecule has 2 rings (SSSR count). The van der Waals surface area contributed by atoms with Crippen LogP contribution in [0.15, 0.2) is 0 Å². The first-order chi connectivity index (χ1) is 9.55. The zero-order chi connectivity index (χ0) is 16.1. The average molecular weight is 345 g/mol. The number of nitro groups is 2. The van der Waals surface area contributed by atoms with E-state index in [9.17, 15) is 33.4 Å². The number of nitrogens with zero attached hydrogens (tertiary/aromatic N) is 3. The maximum Gasteiger partial charge on any atom is 0.449 e. The van der Waals surface area contributed by atoms with E-state index in [0.29, 0.717) is 0 Å². The molecule has 0 saturated carbocycles. The van der Waals surface area contributed by atoms with Crippen LogP contribution in [0.3, 0.4) is 0 Å². The molecule has 0 unspecified atom stereocenters. The summed E-state index contributed by atoms with van der Waals surface area (Å²) in [5.41, 5.74) is -3.70. The van der Waals surface area contributed by atoms with E-state index in [0.717, 1.165) is 0 Å². The van der Waals surface area contributed by atoms with E-state index in [4.69, 9.17) is 23.2 Å². The molecule has 1 aromatic carbocycles. The highest BCUT2D eigenvalue weighted by Gasteiger charge is 2.40. The number of alkyl halides is 3. The number of aromatic nitrogens is 2. The Balaban J connectivity index is 3.00. The Bertz CT molecular complexity index is 788. The molecule has 0 aliphatic rings. The number of aromatic amines is 1. The highest BCUT2D eigenvalue weighted by molar-refractivity contribution is 6.43. The lowest BCUT2D eigenvalue weighted by atomic mass is 10.2. The Morgan fingerprint density at radius 1 is 1.05 bits per heavy atom. The summed E-state index contributed by atoms with van der Waals surface area (Å²) in [5, 5.41) is 19.9. The first kappa shape index (κ1) is 15.3. The molecule has 13 heteroatoms. The highest BCUT2D eigenvalue weighted by Crippen LogP contribution is 2.46. The van der Waals surface area contributed by atoms with Crippen LogP contribution in [-0.4, -0.2) is 19.8 Å². The second-order valence-corrected chi connectivity index (χ2v) is 4.40. The topological polar surface area (TPSA) is 115 Å². The number of nitro benzene ring substituents is 2. The first-order valence-corrected chi connectivity index (χ1v) is 5.58. The third-order valence-electron chi connectivity index (χ3n) is 2.40. The Morgan fingerprint density at radius 2 is 1.57 bits per heavy atom. The van der Waals surface area contributed by atoms with Gasteiger partial charge in [0, 0.05) is 0 Å². The quantitative estimate of drug-likeness (QED) is 0.658. The summed E-state index contributed by atoms with van der Waals surface area (Å²) in [7, 11) is 0. The molecule has 0 fully saturated rings. The normalized spacial score (nSPS) is 11.9. The van der Waals surface area contributed by atoms with Gasteiger partial charge in [0.15, 0.2) is 10.5 Å². The molecule has 0 aliphatic carbocycles. The number of fused-ring (bicyclic) bond motifs is 1. The molecule has 1 heterocycles. The van der Waals surface area contributed by atoms with Gasteiger partial charge in [0.2, 0.25) is 5.82 Å². The van der Waals surface area contributed by atoms with E-state index in [1.807, 2.05) is 0 Å². The summed E-state index contributed by atoms with van der Waals surface area (Å²) in [5.74, 6) is -1.58. The Hall–Kier alpha value is -2.14. The Kier molecular flexibility index (Phi) is 3.41. The zero-order valence-corrected chi connectivity index (χ0v) is 10.9. The molecule has 0 radical (unpaired) electrons. The predicted octanol–water partition coefficient (Wildman–Crippen LogP) is 3.70. The summed E-state index contributed by atoms with van der Waals surface area (Å²) in [4.78, 5) is 24.1. The lowest BCUT2D eigenvalue weighted by Gasteiger charge is -2.01. The van der Waals surface area contributed by atoms with E-state index < -0.39 is 54.3 Å². The molecule has 0 aliphatic heterocycles. The second kappa shape index (κ2) is 4.70. The molecule has 0 saturated heterocycles. The zero-order valence-electron chi connectivity index (χ0n) is 9.36. The van der Waals surface area contributed by atoms with E-state index in [-0.39, 0.29) is 0 Å². The maximum atomic E-state index is 12.6. The lowest BCUT2D eigenvalue weighted by molar-refractivity contribution is -0.392. The predicted molar refractivity (Wildman–Crippen MR) is 64.4 cm³/mol. The number of rotatable bonds is 2. The molecule has 8 nitrogen and oxygen atoms in total. The molecule has 0 atom stereocenters. The van der Waals surface area contributed by atoms with Gasteiger partial charge in [-0.15, -0.1) is 0 Å². The highest BCUT2D eigenvalue weighted by atomic mass is 35.5. The van der Waals surface area contributed by atoms with Crippen LogP contribution >= 0.6 is 23.2 Å². The smallest absolute Gasteiger partial charge is 0.333 e. The standard InChI is InChI=1S/C8HCl2F3N4O4/c9-1-3-4(15-7(14-3)8(11,12)13)6(17(20)21)2(10)5(1)16(18)19/h(H,14,15). The minimum absolute atomic E-state index is 0.688. The van der Waals surface area contributed by atoms with Crippen LogP contribution in [0.2, 0.25) is 10.0 Å². The number of H-pyrrole nitrogens is 1. The number of halogens is 5. The van der Waals surface area contributed by atoms with E-state index in [1.165, 1.54) is 0 Å². The van der Waals surface area contributed by atoms with Crippen LogP contribution in [0.5, 0.6) is 0 Å². The van der Waals surface area contributed by atoms with Crippen LogP contribution in [0.1, 0.15) is 5.82 Å². The molecule has 0 spiro atoms. The minimum Gasteiger partial charge on any atom is -0.333 e. The molecule has 112 valence electrons. The van der Waals surface area contributed by atoms with Crippen molar-refractivity contribution in [3.8, 4) is 0 Å². The maximum absolute atomic E-state index is 12.6. The first-order valence-electron chi connectivity index (χ1n) is 4.82. The van der Waals surface area contributed by atoms with Gasteiger partial charge in [0.05, 0.1) is 15.4 Å². The van der Waals surface area contributed by atoms with Crippen molar-refractivity contribution in [3.63, 3.8) is 0 Å². The van der Waals surface area contributed by atoms with Gasteiger partial charge in [-0.05, 0) is 0 Å². The second-order valence-electron chi connectivity index (χ2n) is 3.65. The molecule has 21 heavy (non-hydrogen) atoms. The summed E-state index contributed by atoms with van der Waals surface area (Å²) < 4.78 is 37.7. The van der Waals surface area contributed by atoms with Gasteiger partial charge in [-0.2, -0.15) is 13.2 Å². The summed E-state index contributed by atoms with van der Waals surface area (Å²) >= 11 is 11.1. The van der Waals surface area contributed by atoms with Crippen molar-refractivity contribution in [2.24, 2.45) is 0 Å². The molecule has 0 amide bonds. The SMILES string of the molecule is O=[N+]([O-])c1c(Cl)c([N+](=O)[O-])c2nc(C(F)(F)F)[nH]c2c1Cl.